The number of ether oxygens (including phenoxy) is 1. The molecule has 0 spiro atoms. The van der Waals surface area contributed by atoms with Gasteiger partial charge in [0.2, 0.25) is 0 Å². The van der Waals surface area contributed by atoms with E-state index in [2.05, 4.69) is 15.5 Å². The van der Waals surface area contributed by atoms with Crippen molar-refractivity contribution >= 4 is 11.7 Å². The third-order valence-electron chi connectivity index (χ3n) is 3.76. The van der Waals surface area contributed by atoms with E-state index in [0.717, 1.165) is 16.1 Å². The minimum Gasteiger partial charge on any atom is -0.496 e. The number of rotatable bonds is 5. The predicted molar refractivity (Wildman–Crippen MR) is 95.7 cm³/mol. The number of aromatic amines is 1. The van der Waals surface area contributed by atoms with Crippen molar-refractivity contribution in [2.45, 2.75) is 6.54 Å². The SMILES string of the molecule is COc1cc(NC(=O)N(N)Cc2cccc(F)c2)ccc1-c1cn[nH]c1. The molecule has 0 unspecified atom stereocenters. The molecule has 0 radical (unpaired) electrons. The van der Waals surface area contributed by atoms with E-state index in [1.165, 1.54) is 12.1 Å². The van der Waals surface area contributed by atoms with Gasteiger partial charge in [-0.05, 0) is 29.8 Å². The number of halogens is 1. The summed E-state index contributed by atoms with van der Waals surface area (Å²) in [5.74, 6) is 5.98. The molecule has 0 aliphatic carbocycles. The summed E-state index contributed by atoms with van der Waals surface area (Å²) in [6.45, 7) is 0.0772. The van der Waals surface area contributed by atoms with Gasteiger partial charge in [-0.3, -0.25) is 10.1 Å². The number of carbonyl (C=O) groups excluding carboxylic acids is 1. The number of methoxy groups -OCH3 is 1. The Morgan fingerprint density at radius 3 is 2.88 bits per heavy atom. The second-order valence-electron chi connectivity index (χ2n) is 5.59. The number of hydrogen-bond acceptors (Lipinski definition) is 4. The van der Waals surface area contributed by atoms with Gasteiger partial charge in [0.05, 0.1) is 19.9 Å². The Labute approximate surface area is 149 Å². The van der Waals surface area contributed by atoms with Gasteiger partial charge >= 0.3 is 6.03 Å². The van der Waals surface area contributed by atoms with E-state index in [9.17, 15) is 9.18 Å². The summed E-state index contributed by atoms with van der Waals surface area (Å²) in [5.41, 5.74) is 2.82. The van der Waals surface area contributed by atoms with Crippen molar-refractivity contribution in [1.82, 2.24) is 15.2 Å². The number of amides is 2. The average molecular weight is 355 g/mol. The van der Waals surface area contributed by atoms with Crippen molar-refractivity contribution in [3.8, 4) is 16.9 Å². The third-order valence-corrected chi connectivity index (χ3v) is 3.76. The lowest BCUT2D eigenvalue weighted by molar-refractivity contribution is 0.210. The van der Waals surface area contributed by atoms with Crippen LogP contribution < -0.4 is 15.9 Å². The molecule has 0 fully saturated rings. The number of H-pyrrole nitrogens is 1. The molecular weight excluding hydrogens is 337 g/mol. The van der Waals surface area contributed by atoms with E-state index < -0.39 is 6.03 Å². The van der Waals surface area contributed by atoms with Gasteiger partial charge in [0.15, 0.2) is 0 Å². The Morgan fingerprint density at radius 2 is 2.19 bits per heavy atom. The van der Waals surface area contributed by atoms with Crippen molar-refractivity contribution in [2.24, 2.45) is 5.84 Å². The minimum atomic E-state index is -0.521. The zero-order valence-electron chi connectivity index (χ0n) is 14.1. The Hall–Kier alpha value is -3.39. The molecule has 26 heavy (non-hydrogen) atoms. The highest BCUT2D eigenvalue weighted by Crippen LogP contribution is 2.31. The lowest BCUT2D eigenvalue weighted by Gasteiger charge is -2.18. The standard InChI is InChI=1S/C18H18FN5O2/c1-26-17-8-15(5-6-16(17)13-9-21-22-10-13)23-18(25)24(20)11-12-3-2-4-14(19)7-12/h2-10H,11,20H2,1H3,(H,21,22)(H,23,25). The Kier molecular flexibility index (Phi) is 5.14. The molecule has 134 valence electrons. The second kappa shape index (κ2) is 7.66. The van der Waals surface area contributed by atoms with Crippen molar-refractivity contribution in [3.63, 3.8) is 0 Å². The lowest BCUT2D eigenvalue weighted by Crippen LogP contribution is -2.39. The van der Waals surface area contributed by atoms with Crippen LogP contribution in [0.2, 0.25) is 0 Å². The molecule has 2 aromatic carbocycles. The van der Waals surface area contributed by atoms with Gasteiger partial charge in [-0.15, -0.1) is 0 Å². The van der Waals surface area contributed by atoms with Gasteiger partial charge in [0.25, 0.3) is 0 Å². The number of nitrogens with one attached hydrogen (secondary N) is 2. The first-order chi connectivity index (χ1) is 12.6. The van der Waals surface area contributed by atoms with Crippen LogP contribution in [-0.2, 0) is 6.54 Å². The van der Waals surface area contributed by atoms with Crippen molar-refractivity contribution in [1.29, 1.82) is 0 Å². The van der Waals surface area contributed by atoms with Gasteiger partial charge < -0.3 is 10.1 Å². The number of carbonyl (C=O) groups is 1. The molecule has 3 rings (SSSR count). The highest BCUT2D eigenvalue weighted by atomic mass is 19.1. The molecule has 0 saturated heterocycles. The van der Waals surface area contributed by atoms with Gasteiger partial charge in [-0.25, -0.2) is 15.0 Å². The number of nitrogens with zero attached hydrogens (tertiary/aromatic N) is 2. The van der Waals surface area contributed by atoms with Crippen molar-refractivity contribution < 1.29 is 13.9 Å². The summed E-state index contributed by atoms with van der Waals surface area (Å²) >= 11 is 0. The van der Waals surface area contributed by atoms with Crippen LogP contribution in [-0.4, -0.2) is 28.3 Å². The molecule has 1 heterocycles. The number of anilines is 1. The number of aromatic nitrogens is 2. The van der Waals surface area contributed by atoms with Gasteiger partial charge in [-0.1, -0.05) is 12.1 Å². The number of hydrogen-bond donors (Lipinski definition) is 3. The largest absolute Gasteiger partial charge is 0.496 e. The molecule has 0 saturated carbocycles. The molecule has 1 aromatic heterocycles. The van der Waals surface area contributed by atoms with Crippen molar-refractivity contribution in [3.05, 3.63) is 66.2 Å². The topological polar surface area (TPSA) is 96.3 Å². The monoisotopic (exact) mass is 355 g/mol. The zero-order chi connectivity index (χ0) is 18.5. The molecule has 4 N–H and O–H groups in total. The van der Waals surface area contributed by atoms with Crippen LogP contribution in [0.5, 0.6) is 5.75 Å². The van der Waals surface area contributed by atoms with E-state index in [1.807, 2.05) is 6.07 Å². The number of nitrogens with two attached hydrogens (primary N) is 1. The number of benzene rings is 2. The fraction of sp³-hybridized carbons (Fsp3) is 0.111. The maximum Gasteiger partial charge on any atom is 0.336 e. The van der Waals surface area contributed by atoms with E-state index in [-0.39, 0.29) is 12.4 Å². The quantitative estimate of drug-likeness (QED) is 0.372. The molecule has 0 atom stereocenters. The summed E-state index contributed by atoms with van der Waals surface area (Å²) in [6.07, 6.45) is 3.42. The molecule has 7 nitrogen and oxygen atoms in total. The minimum absolute atomic E-state index is 0.0772. The van der Waals surface area contributed by atoms with Crippen LogP contribution in [0.15, 0.2) is 54.9 Å². The van der Waals surface area contributed by atoms with Crippen LogP contribution >= 0.6 is 0 Å². The maximum atomic E-state index is 13.2. The fourth-order valence-corrected chi connectivity index (χ4v) is 2.50. The normalized spacial score (nSPS) is 10.4. The van der Waals surface area contributed by atoms with Crippen LogP contribution in [0, 0.1) is 5.82 Å². The Bertz CT molecular complexity index is 898. The zero-order valence-corrected chi connectivity index (χ0v) is 14.1. The third kappa shape index (κ3) is 3.98. The second-order valence-corrected chi connectivity index (χ2v) is 5.59. The summed E-state index contributed by atoms with van der Waals surface area (Å²) < 4.78 is 18.6. The summed E-state index contributed by atoms with van der Waals surface area (Å²) in [6, 6.07) is 10.6. The smallest absolute Gasteiger partial charge is 0.336 e. The van der Waals surface area contributed by atoms with E-state index >= 15 is 0 Å². The molecule has 0 aliphatic rings. The van der Waals surface area contributed by atoms with Gasteiger partial charge in [0, 0.05) is 29.1 Å². The number of hydrazine groups is 1. The average Bonchev–Trinajstić information content (AvgIpc) is 3.16. The van der Waals surface area contributed by atoms with Crippen LogP contribution in [0.1, 0.15) is 5.56 Å². The van der Waals surface area contributed by atoms with E-state index in [1.54, 1.807) is 43.8 Å². The Morgan fingerprint density at radius 1 is 1.35 bits per heavy atom. The van der Waals surface area contributed by atoms with Crippen LogP contribution in [0.25, 0.3) is 11.1 Å². The Balaban J connectivity index is 1.70. The molecule has 8 heteroatoms. The fourth-order valence-electron chi connectivity index (χ4n) is 2.50. The van der Waals surface area contributed by atoms with Gasteiger partial charge in [-0.2, -0.15) is 5.10 Å². The summed E-state index contributed by atoms with van der Waals surface area (Å²) in [4.78, 5) is 12.3. The molecular formula is C18H18FN5O2. The number of urea groups is 1. The maximum absolute atomic E-state index is 13.2. The highest BCUT2D eigenvalue weighted by Gasteiger charge is 2.13. The molecule has 2 amide bonds. The first kappa shape index (κ1) is 17.4. The van der Waals surface area contributed by atoms with Gasteiger partial charge in [0.1, 0.15) is 11.6 Å². The molecule has 0 aliphatic heterocycles. The molecule has 0 bridgehead atoms. The lowest BCUT2D eigenvalue weighted by atomic mass is 10.1. The predicted octanol–water partition coefficient (Wildman–Crippen LogP) is 3.13. The van der Waals surface area contributed by atoms with Crippen LogP contribution in [0.3, 0.4) is 0 Å². The van der Waals surface area contributed by atoms with E-state index in [4.69, 9.17) is 10.6 Å². The first-order valence-corrected chi connectivity index (χ1v) is 7.81. The van der Waals surface area contributed by atoms with Crippen molar-refractivity contribution in [2.75, 3.05) is 12.4 Å². The first-order valence-electron chi connectivity index (χ1n) is 7.81. The summed E-state index contributed by atoms with van der Waals surface area (Å²) in [7, 11) is 1.55. The van der Waals surface area contributed by atoms with Crippen LogP contribution in [0.4, 0.5) is 14.9 Å². The highest BCUT2D eigenvalue weighted by molar-refractivity contribution is 5.90. The molecule has 3 aromatic rings. The summed E-state index contributed by atoms with van der Waals surface area (Å²) in [5, 5.41) is 10.3. The van der Waals surface area contributed by atoms with E-state index in [0.29, 0.717) is 17.0 Å².